The number of hydrogen-bond acceptors (Lipinski definition) is 2. The number of aliphatic imine (C=N–C) groups is 1. The lowest BCUT2D eigenvalue weighted by Crippen LogP contribution is -2.31. The van der Waals surface area contributed by atoms with E-state index in [9.17, 15) is 4.79 Å². The third-order valence-corrected chi connectivity index (χ3v) is 2.47. The van der Waals surface area contributed by atoms with E-state index in [1.165, 1.54) is 0 Å². The normalized spacial score (nSPS) is 10.9. The van der Waals surface area contributed by atoms with Gasteiger partial charge >= 0.3 is 0 Å². The van der Waals surface area contributed by atoms with Crippen LogP contribution in [-0.2, 0) is 6.54 Å². The van der Waals surface area contributed by atoms with Crippen LogP contribution < -0.4 is 11.1 Å². The van der Waals surface area contributed by atoms with E-state index in [2.05, 4.69) is 16.9 Å². The monoisotopic (exact) mass is 260 g/mol. The number of hydrogen-bond donors (Lipinski definition) is 2. The summed E-state index contributed by atoms with van der Waals surface area (Å²) in [6.07, 6.45) is 1.71. The lowest BCUT2D eigenvalue weighted by atomic mass is 10.1. The van der Waals surface area contributed by atoms with Crippen molar-refractivity contribution >= 4 is 11.9 Å². The number of carbonyl (C=O) groups excluding carboxylic acids is 1. The molecule has 0 atom stereocenters. The second-order valence-corrected chi connectivity index (χ2v) is 4.27. The van der Waals surface area contributed by atoms with Crippen molar-refractivity contribution in [3.05, 3.63) is 48.0 Å². The van der Waals surface area contributed by atoms with Crippen molar-refractivity contribution in [2.24, 2.45) is 10.7 Å². The Morgan fingerprint density at radius 2 is 2.05 bits per heavy atom. The summed E-state index contributed by atoms with van der Waals surface area (Å²) in [5.74, 6) is 0.371. The van der Waals surface area contributed by atoms with E-state index in [0.29, 0.717) is 24.6 Å². The van der Waals surface area contributed by atoms with Gasteiger partial charge in [-0.15, -0.1) is 6.58 Å². The summed E-state index contributed by atoms with van der Waals surface area (Å²) in [5.41, 5.74) is 7.32. The van der Waals surface area contributed by atoms with E-state index in [1.54, 1.807) is 37.2 Å². The number of amides is 1. The molecule has 3 N–H and O–H groups in total. The Kier molecular flexibility index (Phi) is 5.60. The standard InChI is InChI=1S/C14H20N4O/c1-4-9-16-14(15)17-10-11-5-7-12(8-6-11)13(19)18(2)3/h4-8H,1,9-10H2,2-3H3,(H3,15,16,17). The van der Waals surface area contributed by atoms with Gasteiger partial charge in [-0.2, -0.15) is 0 Å². The number of nitrogens with one attached hydrogen (secondary N) is 1. The Hall–Kier alpha value is -2.30. The molecular formula is C14H20N4O. The molecule has 0 spiro atoms. The van der Waals surface area contributed by atoms with Crippen molar-refractivity contribution in [2.45, 2.75) is 6.54 Å². The first-order valence-corrected chi connectivity index (χ1v) is 6.00. The fourth-order valence-corrected chi connectivity index (χ4v) is 1.42. The van der Waals surface area contributed by atoms with Crippen LogP contribution in [0.3, 0.4) is 0 Å². The summed E-state index contributed by atoms with van der Waals surface area (Å²) in [7, 11) is 3.46. The second-order valence-electron chi connectivity index (χ2n) is 4.27. The Balaban J connectivity index is 2.62. The minimum Gasteiger partial charge on any atom is -0.370 e. The molecule has 19 heavy (non-hydrogen) atoms. The molecule has 1 rings (SSSR count). The van der Waals surface area contributed by atoms with Gasteiger partial charge in [0.25, 0.3) is 5.91 Å². The maximum atomic E-state index is 11.7. The van der Waals surface area contributed by atoms with Crippen LogP contribution in [0, 0.1) is 0 Å². The molecule has 0 aromatic heterocycles. The van der Waals surface area contributed by atoms with Gasteiger partial charge in [-0.05, 0) is 17.7 Å². The van der Waals surface area contributed by atoms with Gasteiger partial charge in [0.05, 0.1) is 6.54 Å². The molecule has 0 aliphatic heterocycles. The fraction of sp³-hybridized carbons (Fsp3) is 0.286. The number of benzene rings is 1. The third-order valence-electron chi connectivity index (χ3n) is 2.47. The molecule has 0 fully saturated rings. The van der Waals surface area contributed by atoms with Crippen molar-refractivity contribution in [3.8, 4) is 0 Å². The minimum atomic E-state index is -0.0118. The fourth-order valence-electron chi connectivity index (χ4n) is 1.42. The van der Waals surface area contributed by atoms with Gasteiger partial charge < -0.3 is 16.0 Å². The van der Waals surface area contributed by atoms with Crippen molar-refractivity contribution in [1.29, 1.82) is 0 Å². The summed E-state index contributed by atoms with van der Waals surface area (Å²) in [5, 5.41) is 2.90. The number of nitrogens with zero attached hydrogens (tertiary/aromatic N) is 2. The molecule has 0 unspecified atom stereocenters. The van der Waals surface area contributed by atoms with E-state index in [4.69, 9.17) is 5.73 Å². The topological polar surface area (TPSA) is 70.7 Å². The molecule has 0 heterocycles. The molecule has 1 aromatic carbocycles. The molecule has 0 aliphatic carbocycles. The highest BCUT2D eigenvalue weighted by Gasteiger charge is 2.06. The number of nitrogens with two attached hydrogens (primary N) is 1. The summed E-state index contributed by atoms with van der Waals surface area (Å²) in [6.45, 7) is 4.65. The second kappa shape index (κ2) is 7.20. The van der Waals surface area contributed by atoms with Crippen LogP contribution in [0.15, 0.2) is 41.9 Å². The van der Waals surface area contributed by atoms with Crippen LogP contribution >= 0.6 is 0 Å². The maximum Gasteiger partial charge on any atom is 0.253 e. The zero-order valence-electron chi connectivity index (χ0n) is 11.4. The van der Waals surface area contributed by atoms with Gasteiger partial charge in [-0.1, -0.05) is 18.2 Å². The van der Waals surface area contributed by atoms with E-state index < -0.39 is 0 Å². The van der Waals surface area contributed by atoms with Crippen molar-refractivity contribution in [3.63, 3.8) is 0 Å². The largest absolute Gasteiger partial charge is 0.370 e. The predicted octanol–water partition coefficient (Wildman–Crippen LogP) is 0.979. The molecule has 1 amide bonds. The van der Waals surface area contributed by atoms with Crippen molar-refractivity contribution in [2.75, 3.05) is 20.6 Å². The molecule has 1 aromatic rings. The molecule has 5 nitrogen and oxygen atoms in total. The molecular weight excluding hydrogens is 240 g/mol. The van der Waals surface area contributed by atoms with E-state index >= 15 is 0 Å². The zero-order chi connectivity index (χ0) is 14.3. The Labute approximate surface area is 113 Å². The first-order chi connectivity index (χ1) is 9.04. The van der Waals surface area contributed by atoms with Gasteiger partial charge in [-0.25, -0.2) is 4.99 Å². The SMILES string of the molecule is C=CCNC(N)=NCc1ccc(C(=O)N(C)C)cc1. The highest BCUT2D eigenvalue weighted by molar-refractivity contribution is 5.93. The quantitative estimate of drug-likeness (QED) is 0.471. The molecule has 0 saturated carbocycles. The van der Waals surface area contributed by atoms with E-state index in [1.807, 2.05) is 12.1 Å². The van der Waals surface area contributed by atoms with Crippen LogP contribution in [0.1, 0.15) is 15.9 Å². The molecule has 0 bridgehead atoms. The molecule has 5 heteroatoms. The summed E-state index contributed by atoms with van der Waals surface area (Å²) in [6, 6.07) is 7.34. The van der Waals surface area contributed by atoms with Gasteiger partial charge in [0.1, 0.15) is 0 Å². The summed E-state index contributed by atoms with van der Waals surface area (Å²) < 4.78 is 0. The van der Waals surface area contributed by atoms with Crippen LogP contribution in [-0.4, -0.2) is 37.4 Å². The lowest BCUT2D eigenvalue weighted by Gasteiger charge is -2.10. The molecule has 102 valence electrons. The summed E-state index contributed by atoms with van der Waals surface area (Å²) >= 11 is 0. The van der Waals surface area contributed by atoms with Gasteiger partial charge in [0.15, 0.2) is 5.96 Å². The van der Waals surface area contributed by atoms with E-state index in [-0.39, 0.29) is 5.91 Å². The van der Waals surface area contributed by atoms with E-state index in [0.717, 1.165) is 5.56 Å². The molecule has 0 aliphatic rings. The van der Waals surface area contributed by atoms with Gasteiger partial charge in [0, 0.05) is 26.2 Å². The van der Waals surface area contributed by atoms with Crippen molar-refractivity contribution in [1.82, 2.24) is 10.2 Å². The first-order valence-electron chi connectivity index (χ1n) is 6.00. The highest BCUT2D eigenvalue weighted by Crippen LogP contribution is 2.07. The smallest absolute Gasteiger partial charge is 0.253 e. The summed E-state index contributed by atoms with van der Waals surface area (Å²) in [4.78, 5) is 17.4. The average Bonchev–Trinajstić information content (AvgIpc) is 2.42. The molecule has 0 saturated heterocycles. The average molecular weight is 260 g/mol. The van der Waals surface area contributed by atoms with Crippen LogP contribution in [0.2, 0.25) is 0 Å². The van der Waals surface area contributed by atoms with Gasteiger partial charge in [0.2, 0.25) is 0 Å². The number of rotatable bonds is 5. The Bertz CT molecular complexity index is 463. The first kappa shape index (κ1) is 14.8. The number of guanidine groups is 1. The highest BCUT2D eigenvalue weighted by atomic mass is 16.2. The lowest BCUT2D eigenvalue weighted by molar-refractivity contribution is 0.0827. The van der Waals surface area contributed by atoms with Crippen LogP contribution in [0.4, 0.5) is 0 Å². The predicted molar refractivity (Wildman–Crippen MR) is 78.0 cm³/mol. The maximum absolute atomic E-state index is 11.7. The molecule has 0 radical (unpaired) electrons. The van der Waals surface area contributed by atoms with Gasteiger partial charge in [-0.3, -0.25) is 4.79 Å². The Morgan fingerprint density at radius 3 is 2.58 bits per heavy atom. The zero-order valence-corrected chi connectivity index (χ0v) is 11.4. The third kappa shape index (κ3) is 4.83. The van der Waals surface area contributed by atoms with Crippen LogP contribution in [0.5, 0.6) is 0 Å². The van der Waals surface area contributed by atoms with Crippen molar-refractivity contribution < 1.29 is 4.79 Å². The number of carbonyl (C=O) groups is 1. The Morgan fingerprint density at radius 1 is 1.42 bits per heavy atom. The van der Waals surface area contributed by atoms with Crippen LogP contribution in [0.25, 0.3) is 0 Å². The minimum absolute atomic E-state index is 0.0118.